The molecule has 0 saturated carbocycles. The van der Waals surface area contributed by atoms with Gasteiger partial charge in [0, 0.05) is 39.8 Å². The second-order valence-electron chi connectivity index (χ2n) is 11.6. The van der Waals surface area contributed by atoms with Crippen LogP contribution in [0.3, 0.4) is 0 Å². The van der Waals surface area contributed by atoms with Crippen molar-refractivity contribution in [3.8, 4) is 17.1 Å². The van der Waals surface area contributed by atoms with Crippen molar-refractivity contribution in [1.29, 1.82) is 0 Å². The van der Waals surface area contributed by atoms with E-state index in [2.05, 4.69) is 39.9 Å². The molecule has 10 nitrogen and oxygen atoms in total. The number of rotatable bonds is 5. The Bertz CT molecular complexity index is 2070. The van der Waals surface area contributed by atoms with E-state index in [0.717, 1.165) is 11.6 Å². The van der Waals surface area contributed by atoms with Crippen LogP contribution in [0.5, 0.6) is 0 Å². The summed E-state index contributed by atoms with van der Waals surface area (Å²) in [5, 5.41) is 4.64. The molecule has 0 spiro atoms. The summed E-state index contributed by atoms with van der Waals surface area (Å²) < 4.78 is 50.1. The summed E-state index contributed by atoms with van der Waals surface area (Å²) in [7, 11) is 1.57. The molecule has 1 amide bonds. The van der Waals surface area contributed by atoms with Gasteiger partial charge >= 0.3 is 11.9 Å². The summed E-state index contributed by atoms with van der Waals surface area (Å²) in [6.45, 7) is 5.86. The van der Waals surface area contributed by atoms with Crippen molar-refractivity contribution >= 4 is 27.5 Å². The molecular weight excluding hydrogens is 657 g/mol. The Morgan fingerprint density at radius 3 is 2.47 bits per heavy atom. The van der Waals surface area contributed by atoms with Gasteiger partial charge in [0.15, 0.2) is 5.82 Å². The molecule has 6 rings (SSSR count). The first kappa shape index (κ1) is 30.6. The molecule has 14 heteroatoms. The summed E-state index contributed by atoms with van der Waals surface area (Å²) in [5.74, 6) is -0.710. The lowest BCUT2D eigenvalue weighted by atomic mass is 9.97. The number of hydrogen-bond donors (Lipinski definition) is 0. The van der Waals surface area contributed by atoms with Gasteiger partial charge in [-0.2, -0.15) is 28.0 Å². The predicted octanol–water partition coefficient (Wildman–Crippen LogP) is 5.41. The van der Waals surface area contributed by atoms with Gasteiger partial charge in [0.1, 0.15) is 5.65 Å². The largest absolute Gasteiger partial charge is 0.460 e. The SMILES string of the molecule is CC(C)Cc1cnn2c3c(c(=O)n(-c4ccc(-c5nc(=O)on5C)cc4)c12)CC(C)N(C(=O)c1ccc(Br)c(C(F)(F)F)c1)C3. The van der Waals surface area contributed by atoms with Gasteiger partial charge in [-0.15, -0.1) is 0 Å². The lowest BCUT2D eigenvalue weighted by molar-refractivity contribution is -0.138. The molecule has 1 aliphatic rings. The molecule has 1 aliphatic heterocycles. The highest BCUT2D eigenvalue weighted by Crippen LogP contribution is 2.36. The van der Waals surface area contributed by atoms with Gasteiger partial charge in [0.2, 0.25) is 0 Å². The number of benzene rings is 2. The molecule has 2 aromatic carbocycles. The Morgan fingerprint density at radius 2 is 1.84 bits per heavy atom. The molecule has 1 unspecified atom stereocenters. The van der Waals surface area contributed by atoms with Crippen LogP contribution >= 0.6 is 15.9 Å². The van der Waals surface area contributed by atoms with Gasteiger partial charge in [-0.3, -0.25) is 14.2 Å². The summed E-state index contributed by atoms with van der Waals surface area (Å²) in [4.78, 5) is 44.9. The van der Waals surface area contributed by atoms with Crippen LogP contribution in [-0.2, 0) is 32.6 Å². The third-order valence-corrected chi connectivity index (χ3v) is 8.64. The fraction of sp³-hybridized carbons (Fsp3) is 0.323. The van der Waals surface area contributed by atoms with Crippen molar-refractivity contribution < 1.29 is 22.5 Å². The quantitative estimate of drug-likeness (QED) is 0.245. The number of carbonyl (C=O) groups is 1. The molecule has 0 saturated heterocycles. The second-order valence-corrected chi connectivity index (χ2v) is 12.4. The standard InChI is InChI=1S/C31H28BrF3N6O4/c1-16(2)11-20-14-36-41-25-15-39(28(42)19-7-10-24(32)23(13-19)31(33,34)35)17(3)12-22(25)29(43)40(27(20)41)21-8-5-18(6-9-21)26-37-30(44)45-38(26)4/h5-10,13-14,16-17H,11-12,15H2,1-4H3. The summed E-state index contributed by atoms with van der Waals surface area (Å²) >= 11 is 2.93. The van der Waals surface area contributed by atoms with Gasteiger partial charge in [-0.05, 0) is 68.1 Å². The maximum atomic E-state index is 14.3. The molecule has 0 fully saturated rings. The highest BCUT2D eigenvalue weighted by atomic mass is 79.9. The Hall–Kier alpha value is -4.46. The molecule has 1 atom stereocenters. The first-order valence-electron chi connectivity index (χ1n) is 14.2. The molecule has 0 N–H and O–H groups in total. The van der Waals surface area contributed by atoms with Gasteiger partial charge in [0.25, 0.3) is 11.5 Å². The Morgan fingerprint density at radius 1 is 1.13 bits per heavy atom. The van der Waals surface area contributed by atoms with E-state index in [1.54, 1.807) is 53.5 Å². The Balaban J connectivity index is 1.47. The van der Waals surface area contributed by atoms with E-state index in [0.29, 0.717) is 40.4 Å². The van der Waals surface area contributed by atoms with E-state index >= 15 is 0 Å². The molecule has 0 aliphatic carbocycles. The molecule has 45 heavy (non-hydrogen) atoms. The first-order chi connectivity index (χ1) is 21.2. The van der Waals surface area contributed by atoms with Gasteiger partial charge in [-0.1, -0.05) is 29.8 Å². The average Bonchev–Trinajstić information content (AvgIpc) is 3.54. The van der Waals surface area contributed by atoms with Crippen LogP contribution in [0, 0.1) is 5.92 Å². The maximum absolute atomic E-state index is 14.3. The Labute approximate surface area is 262 Å². The fourth-order valence-electron chi connectivity index (χ4n) is 5.86. The number of fused-ring (bicyclic) bond motifs is 3. The number of hydrogen-bond acceptors (Lipinski definition) is 6. The third-order valence-electron chi connectivity index (χ3n) is 7.95. The van der Waals surface area contributed by atoms with Gasteiger partial charge < -0.3 is 9.42 Å². The number of nitrogens with zero attached hydrogens (tertiary/aromatic N) is 6. The maximum Gasteiger partial charge on any atom is 0.460 e. The third kappa shape index (κ3) is 5.40. The van der Waals surface area contributed by atoms with E-state index in [9.17, 15) is 27.6 Å². The van der Waals surface area contributed by atoms with Crippen molar-refractivity contribution in [3.63, 3.8) is 0 Å². The molecule has 5 aromatic rings. The normalized spacial score (nSPS) is 15.2. The molecule has 0 bridgehead atoms. The number of carbonyl (C=O) groups excluding carboxylic acids is 1. The second kappa shape index (κ2) is 11.2. The van der Waals surface area contributed by atoms with Crippen molar-refractivity contribution in [1.82, 2.24) is 28.8 Å². The van der Waals surface area contributed by atoms with E-state index in [1.807, 2.05) is 0 Å². The van der Waals surface area contributed by atoms with Crippen LogP contribution in [0.2, 0.25) is 0 Å². The van der Waals surface area contributed by atoms with Crippen molar-refractivity contribution in [2.75, 3.05) is 0 Å². The van der Waals surface area contributed by atoms with Gasteiger partial charge in [0.05, 0.1) is 29.7 Å². The van der Waals surface area contributed by atoms with Crippen LogP contribution in [0.15, 0.2) is 67.2 Å². The zero-order valence-corrected chi connectivity index (χ0v) is 26.3. The minimum Gasteiger partial charge on any atom is -0.330 e. The lowest BCUT2D eigenvalue weighted by Gasteiger charge is -2.35. The molecule has 0 radical (unpaired) electrons. The number of halogens is 4. The smallest absolute Gasteiger partial charge is 0.330 e. The number of aryl methyl sites for hydroxylation is 1. The fourth-order valence-corrected chi connectivity index (χ4v) is 6.34. The van der Waals surface area contributed by atoms with Crippen LogP contribution < -0.4 is 11.3 Å². The molecule has 234 valence electrons. The van der Waals surface area contributed by atoms with E-state index in [1.165, 1.54) is 21.8 Å². The monoisotopic (exact) mass is 684 g/mol. The number of aromatic nitrogens is 5. The molecule has 3 aromatic heterocycles. The zero-order valence-electron chi connectivity index (χ0n) is 24.7. The van der Waals surface area contributed by atoms with E-state index in [-0.39, 0.29) is 34.5 Å². The van der Waals surface area contributed by atoms with Crippen LogP contribution in [-0.4, -0.2) is 40.8 Å². The molecular formula is C31H28BrF3N6O4. The summed E-state index contributed by atoms with van der Waals surface area (Å²) in [6, 6.07) is 9.92. The lowest BCUT2D eigenvalue weighted by Crippen LogP contribution is -2.46. The molecule has 4 heterocycles. The minimum absolute atomic E-state index is 0.0126. The van der Waals surface area contributed by atoms with Crippen LogP contribution in [0.1, 0.15) is 53.5 Å². The van der Waals surface area contributed by atoms with Gasteiger partial charge in [-0.25, -0.2) is 9.31 Å². The number of amides is 1. The highest BCUT2D eigenvalue weighted by molar-refractivity contribution is 9.10. The minimum atomic E-state index is -4.64. The topological polar surface area (TPSA) is 108 Å². The number of alkyl halides is 3. The predicted molar refractivity (Wildman–Crippen MR) is 162 cm³/mol. The summed E-state index contributed by atoms with van der Waals surface area (Å²) in [6.07, 6.45) is -2.13. The van der Waals surface area contributed by atoms with E-state index in [4.69, 9.17) is 4.52 Å². The van der Waals surface area contributed by atoms with Crippen molar-refractivity contribution in [2.24, 2.45) is 13.0 Å². The average molecular weight is 686 g/mol. The Kier molecular flexibility index (Phi) is 7.58. The van der Waals surface area contributed by atoms with Crippen LogP contribution in [0.25, 0.3) is 22.7 Å². The van der Waals surface area contributed by atoms with Crippen molar-refractivity contribution in [2.45, 2.75) is 52.4 Å². The van der Waals surface area contributed by atoms with Crippen LogP contribution in [0.4, 0.5) is 13.2 Å². The van der Waals surface area contributed by atoms with Crippen molar-refractivity contribution in [3.05, 3.63) is 102 Å². The first-order valence-corrected chi connectivity index (χ1v) is 15.0. The highest BCUT2D eigenvalue weighted by Gasteiger charge is 2.36. The van der Waals surface area contributed by atoms with E-state index < -0.39 is 29.4 Å². The zero-order chi connectivity index (χ0) is 32.4. The summed E-state index contributed by atoms with van der Waals surface area (Å²) in [5.41, 5.74) is 2.22.